The summed E-state index contributed by atoms with van der Waals surface area (Å²) < 4.78 is 2.41. The zero-order valence-corrected chi connectivity index (χ0v) is 32.2. The number of aromatic nitrogens is 1. The van der Waals surface area contributed by atoms with E-state index in [1.165, 1.54) is 87.9 Å². The topological polar surface area (TPSA) is 8.17 Å². The molecular weight excluding hydrogens is 713 g/mol. The Morgan fingerprint density at radius 3 is 1.68 bits per heavy atom. The standard InChI is InChI=1S/C57H36N2/c1-3-18-38(19-4-1)58(40-32-33-44-43-24-9-12-31-52(43)59(54(44)36-40)39-20-5-2-6-21-39)53-35-34-46-42-23-8-11-28-49(42)57(51-30-15-26-47(53)56(46)51)48-27-10-7-22-41(48)45-25-13-16-37-17-14-29-50(57)55(37)45/h1-36H. The van der Waals surface area contributed by atoms with Crippen molar-refractivity contribution in [2.75, 3.05) is 4.90 Å². The van der Waals surface area contributed by atoms with E-state index in [4.69, 9.17) is 0 Å². The molecule has 1 unspecified atom stereocenters. The second kappa shape index (κ2) is 12.2. The van der Waals surface area contributed by atoms with Crippen molar-refractivity contribution in [1.29, 1.82) is 0 Å². The normalized spacial score (nSPS) is 14.8. The minimum Gasteiger partial charge on any atom is -0.310 e. The van der Waals surface area contributed by atoms with Gasteiger partial charge in [-0.05, 0) is 109 Å². The number of hydrogen-bond donors (Lipinski definition) is 0. The minimum atomic E-state index is -0.528. The first-order valence-corrected chi connectivity index (χ1v) is 20.5. The largest absolute Gasteiger partial charge is 0.310 e. The van der Waals surface area contributed by atoms with E-state index in [0.29, 0.717) is 0 Å². The van der Waals surface area contributed by atoms with E-state index in [2.05, 4.69) is 228 Å². The monoisotopic (exact) mass is 748 g/mol. The van der Waals surface area contributed by atoms with Crippen LogP contribution in [0.4, 0.5) is 17.1 Å². The highest BCUT2D eigenvalue weighted by atomic mass is 15.1. The second-order valence-electron chi connectivity index (χ2n) is 16.0. The van der Waals surface area contributed by atoms with Crippen LogP contribution in [-0.2, 0) is 5.41 Å². The van der Waals surface area contributed by atoms with Crippen molar-refractivity contribution in [1.82, 2.24) is 4.57 Å². The van der Waals surface area contributed by atoms with Crippen LogP contribution in [0.2, 0.25) is 0 Å². The number of fused-ring (bicyclic) bond motifs is 11. The molecule has 2 aliphatic rings. The fourth-order valence-electron chi connectivity index (χ4n) is 10.9. The van der Waals surface area contributed by atoms with Gasteiger partial charge in [-0.1, -0.05) is 170 Å². The summed E-state index contributed by atoms with van der Waals surface area (Å²) in [7, 11) is 0. The molecule has 0 fully saturated rings. The number of para-hydroxylation sites is 3. The molecule has 0 bridgehead atoms. The average molecular weight is 749 g/mol. The zero-order valence-electron chi connectivity index (χ0n) is 32.2. The van der Waals surface area contributed by atoms with Crippen LogP contribution in [0.1, 0.15) is 22.3 Å². The lowest BCUT2D eigenvalue weighted by Crippen LogP contribution is -2.36. The summed E-state index contributed by atoms with van der Waals surface area (Å²) in [5.74, 6) is 0. The molecule has 274 valence electrons. The van der Waals surface area contributed by atoms with Crippen molar-refractivity contribution in [2.45, 2.75) is 5.41 Å². The summed E-state index contributed by atoms with van der Waals surface area (Å²) in [5.41, 5.74) is 16.9. The van der Waals surface area contributed by atoms with Crippen LogP contribution in [-0.4, -0.2) is 4.57 Å². The second-order valence-corrected chi connectivity index (χ2v) is 16.0. The Labute approximate surface area is 342 Å². The van der Waals surface area contributed by atoms with E-state index < -0.39 is 5.41 Å². The molecule has 0 saturated carbocycles. The molecule has 2 nitrogen and oxygen atoms in total. The fourth-order valence-corrected chi connectivity index (χ4v) is 10.9. The van der Waals surface area contributed by atoms with Gasteiger partial charge in [-0.15, -0.1) is 0 Å². The van der Waals surface area contributed by atoms with Crippen molar-refractivity contribution in [3.05, 3.63) is 241 Å². The minimum absolute atomic E-state index is 0.528. The van der Waals surface area contributed by atoms with Crippen LogP contribution in [0, 0.1) is 0 Å². The van der Waals surface area contributed by atoms with Gasteiger partial charge >= 0.3 is 0 Å². The van der Waals surface area contributed by atoms with E-state index in [-0.39, 0.29) is 0 Å². The zero-order chi connectivity index (χ0) is 38.7. The maximum atomic E-state index is 2.47. The van der Waals surface area contributed by atoms with E-state index in [1.54, 1.807) is 0 Å². The maximum Gasteiger partial charge on any atom is 0.0725 e. The Morgan fingerprint density at radius 2 is 0.898 bits per heavy atom. The summed E-state index contributed by atoms with van der Waals surface area (Å²) >= 11 is 0. The van der Waals surface area contributed by atoms with Gasteiger partial charge in [-0.25, -0.2) is 0 Å². The first kappa shape index (κ1) is 32.4. The van der Waals surface area contributed by atoms with E-state index >= 15 is 0 Å². The Bertz CT molecular complexity index is 3500. The van der Waals surface area contributed by atoms with Crippen LogP contribution in [0.15, 0.2) is 218 Å². The summed E-state index contributed by atoms with van der Waals surface area (Å²) in [5, 5.41) is 7.63. The average Bonchev–Trinajstić information content (AvgIpc) is 3.64. The molecule has 13 rings (SSSR count). The van der Waals surface area contributed by atoms with Gasteiger partial charge < -0.3 is 9.47 Å². The number of hydrogen-bond acceptors (Lipinski definition) is 1. The summed E-state index contributed by atoms with van der Waals surface area (Å²) in [6.45, 7) is 0. The third kappa shape index (κ3) is 4.30. The quantitative estimate of drug-likeness (QED) is 0.174. The molecule has 1 heterocycles. The summed E-state index contributed by atoms with van der Waals surface area (Å²) in [6.07, 6.45) is 0. The fraction of sp³-hybridized carbons (Fsp3) is 0.0175. The third-order valence-corrected chi connectivity index (χ3v) is 13.2. The maximum absolute atomic E-state index is 2.47. The summed E-state index contributed by atoms with van der Waals surface area (Å²) in [4.78, 5) is 2.47. The van der Waals surface area contributed by atoms with Gasteiger partial charge in [0.25, 0.3) is 0 Å². The highest BCUT2D eigenvalue weighted by Crippen LogP contribution is 2.61. The molecule has 11 aromatic rings. The molecule has 1 spiro atoms. The predicted octanol–water partition coefficient (Wildman–Crippen LogP) is 14.9. The van der Waals surface area contributed by atoms with Gasteiger partial charge in [0.05, 0.1) is 22.1 Å². The van der Waals surface area contributed by atoms with Gasteiger partial charge in [-0.2, -0.15) is 0 Å². The Hall–Kier alpha value is -7.68. The number of rotatable bonds is 4. The van der Waals surface area contributed by atoms with Crippen LogP contribution in [0.5, 0.6) is 0 Å². The Kier molecular flexibility index (Phi) is 6.68. The van der Waals surface area contributed by atoms with Crippen molar-refractivity contribution in [3.8, 4) is 27.9 Å². The first-order chi connectivity index (χ1) is 29.3. The van der Waals surface area contributed by atoms with Crippen LogP contribution < -0.4 is 4.90 Å². The van der Waals surface area contributed by atoms with Crippen molar-refractivity contribution in [3.63, 3.8) is 0 Å². The lowest BCUT2D eigenvalue weighted by Gasteiger charge is -2.46. The molecule has 0 saturated heterocycles. The Morgan fingerprint density at radius 1 is 0.339 bits per heavy atom. The van der Waals surface area contributed by atoms with E-state index in [1.807, 2.05) is 0 Å². The molecular formula is C57H36N2. The molecule has 1 atom stereocenters. The molecule has 0 radical (unpaired) electrons. The lowest BCUT2D eigenvalue weighted by atomic mass is 9.55. The molecule has 0 N–H and O–H groups in total. The molecule has 2 aliphatic carbocycles. The highest BCUT2D eigenvalue weighted by molar-refractivity contribution is 6.15. The van der Waals surface area contributed by atoms with Gasteiger partial charge in [0.1, 0.15) is 0 Å². The van der Waals surface area contributed by atoms with Crippen LogP contribution in [0.3, 0.4) is 0 Å². The predicted molar refractivity (Wildman–Crippen MR) is 247 cm³/mol. The van der Waals surface area contributed by atoms with E-state index in [9.17, 15) is 0 Å². The SMILES string of the molecule is c1ccc(N(c2ccc3c4ccccc4n(-c4ccccc4)c3c2)c2ccc3c4c(cccc24)C2(c4ccccc4-c4cccc5cccc2c45)c2ccccc2-3)cc1. The van der Waals surface area contributed by atoms with Gasteiger partial charge in [-0.3, -0.25) is 0 Å². The summed E-state index contributed by atoms with van der Waals surface area (Å²) in [6, 6.07) is 81.2. The smallest absolute Gasteiger partial charge is 0.0725 e. The first-order valence-electron chi connectivity index (χ1n) is 20.5. The van der Waals surface area contributed by atoms with Crippen molar-refractivity contribution in [2.24, 2.45) is 0 Å². The third-order valence-electron chi connectivity index (χ3n) is 13.2. The molecule has 0 amide bonds. The van der Waals surface area contributed by atoms with Crippen molar-refractivity contribution < 1.29 is 0 Å². The van der Waals surface area contributed by atoms with Gasteiger partial charge in [0, 0.05) is 33.2 Å². The van der Waals surface area contributed by atoms with Gasteiger partial charge in [0.2, 0.25) is 0 Å². The Balaban J connectivity index is 1.14. The number of nitrogens with zero attached hydrogens (tertiary/aromatic N) is 2. The highest BCUT2D eigenvalue weighted by Gasteiger charge is 2.48. The number of benzene rings is 10. The number of anilines is 3. The molecule has 2 heteroatoms. The van der Waals surface area contributed by atoms with Crippen LogP contribution in [0.25, 0.3) is 71.3 Å². The molecule has 0 aliphatic heterocycles. The lowest BCUT2D eigenvalue weighted by molar-refractivity contribution is 0.754. The molecule has 1 aromatic heterocycles. The van der Waals surface area contributed by atoms with E-state index in [0.717, 1.165) is 22.7 Å². The van der Waals surface area contributed by atoms with Gasteiger partial charge in [0.15, 0.2) is 0 Å². The van der Waals surface area contributed by atoms with Crippen molar-refractivity contribution >= 4 is 60.4 Å². The molecule has 59 heavy (non-hydrogen) atoms. The van der Waals surface area contributed by atoms with Crippen LogP contribution >= 0.6 is 0 Å². The molecule has 10 aromatic carbocycles.